The van der Waals surface area contributed by atoms with Crippen LogP contribution in [0.1, 0.15) is 13.3 Å². The zero-order valence-corrected chi connectivity index (χ0v) is 13.5. The van der Waals surface area contributed by atoms with Crippen molar-refractivity contribution < 1.29 is 28.2 Å². The number of carboxylic acids is 1. The van der Waals surface area contributed by atoms with Gasteiger partial charge in [0.05, 0.1) is 12.5 Å². The zero-order valence-electron chi connectivity index (χ0n) is 12.7. The number of hydrogen-bond donors (Lipinski definition) is 2. The summed E-state index contributed by atoms with van der Waals surface area (Å²) in [6.45, 7) is -1.01. The zero-order chi connectivity index (χ0) is 16.7. The number of carbonyl (C=O) groups is 2. The lowest BCUT2D eigenvalue weighted by Gasteiger charge is -2.23. The second kappa shape index (κ2) is 9.96. The number of benzene rings is 1. The summed E-state index contributed by atoms with van der Waals surface area (Å²) in [7, 11) is 1.65. The molecule has 1 atom stereocenters. The van der Waals surface area contributed by atoms with Gasteiger partial charge in [-0.2, -0.15) is 8.78 Å². The first kappa shape index (κ1) is 21.1. The average molecular weight is 353 g/mol. The van der Waals surface area contributed by atoms with Crippen molar-refractivity contribution in [3.05, 3.63) is 24.3 Å². The third-order valence-corrected chi connectivity index (χ3v) is 3.07. The minimum Gasteiger partial charge on any atom is -0.481 e. The number of anilines is 1. The maximum Gasteiger partial charge on any atom is 0.387 e. The summed E-state index contributed by atoms with van der Waals surface area (Å²) in [6.07, 6.45) is -0.0617. The van der Waals surface area contributed by atoms with Gasteiger partial charge in [0.1, 0.15) is 5.75 Å². The van der Waals surface area contributed by atoms with Crippen LogP contribution in [-0.2, 0) is 9.59 Å². The Labute approximate surface area is 138 Å². The molecule has 0 fully saturated rings. The normalized spacial score (nSPS) is 11.7. The molecule has 6 nitrogen and oxygen atoms in total. The number of nitrogens with zero attached hydrogens (tertiary/aromatic N) is 1. The minimum atomic E-state index is -2.90. The molecule has 0 bridgehead atoms. The molecular formula is C14H19ClF2N2O4. The summed E-state index contributed by atoms with van der Waals surface area (Å²) < 4.78 is 28.2. The number of halogens is 3. The van der Waals surface area contributed by atoms with Crippen LogP contribution in [-0.4, -0.2) is 48.1 Å². The Bertz CT molecular complexity index is 514. The predicted octanol–water partition coefficient (Wildman–Crippen LogP) is 2.44. The Hall–Kier alpha value is -1.93. The van der Waals surface area contributed by atoms with Gasteiger partial charge in [0, 0.05) is 12.2 Å². The SMILES string of the molecule is CC(C(=O)Nc1ccc(OC(F)F)cc1)N(C)CCC(=O)O.Cl. The number of aliphatic carboxylic acids is 1. The molecule has 0 aliphatic rings. The summed E-state index contributed by atoms with van der Waals surface area (Å²) in [5, 5.41) is 11.2. The van der Waals surface area contributed by atoms with Crippen LogP contribution in [0.5, 0.6) is 5.75 Å². The van der Waals surface area contributed by atoms with E-state index in [4.69, 9.17) is 5.11 Å². The maximum absolute atomic E-state index is 12.0. The fraction of sp³-hybridized carbons (Fsp3) is 0.429. The third kappa shape index (κ3) is 7.75. The van der Waals surface area contributed by atoms with Gasteiger partial charge in [0.25, 0.3) is 0 Å². The van der Waals surface area contributed by atoms with Crippen molar-refractivity contribution in [1.29, 1.82) is 0 Å². The highest BCUT2D eigenvalue weighted by Gasteiger charge is 2.18. The van der Waals surface area contributed by atoms with Crippen molar-refractivity contribution in [3.63, 3.8) is 0 Å². The van der Waals surface area contributed by atoms with Crippen LogP contribution in [0.15, 0.2) is 24.3 Å². The molecule has 1 aromatic carbocycles. The quantitative estimate of drug-likeness (QED) is 0.751. The Morgan fingerprint density at radius 2 is 1.87 bits per heavy atom. The van der Waals surface area contributed by atoms with Gasteiger partial charge >= 0.3 is 12.6 Å². The lowest BCUT2D eigenvalue weighted by atomic mass is 10.2. The van der Waals surface area contributed by atoms with E-state index in [0.29, 0.717) is 5.69 Å². The van der Waals surface area contributed by atoms with Crippen LogP contribution in [0.2, 0.25) is 0 Å². The van der Waals surface area contributed by atoms with E-state index in [9.17, 15) is 18.4 Å². The Balaban J connectivity index is 0.00000484. The molecule has 0 saturated carbocycles. The van der Waals surface area contributed by atoms with E-state index >= 15 is 0 Å². The van der Waals surface area contributed by atoms with Gasteiger partial charge in [-0.25, -0.2) is 0 Å². The first-order valence-electron chi connectivity index (χ1n) is 6.57. The summed E-state index contributed by atoms with van der Waals surface area (Å²) >= 11 is 0. The van der Waals surface area contributed by atoms with Gasteiger partial charge in [-0.15, -0.1) is 12.4 Å². The fourth-order valence-electron chi connectivity index (χ4n) is 1.63. The molecule has 2 N–H and O–H groups in total. The van der Waals surface area contributed by atoms with E-state index in [1.54, 1.807) is 18.9 Å². The average Bonchev–Trinajstić information content (AvgIpc) is 2.45. The highest BCUT2D eigenvalue weighted by molar-refractivity contribution is 5.94. The van der Waals surface area contributed by atoms with Crippen LogP contribution >= 0.6 is 12.4 Å². The van der Waals surface area contributed by atoms with Crippen molar-refractivity contribution in [2.45, 2.75) is 26.0 Å². The number of likely N-dealkylation sites (N-methyl/N-ethyl adjacent to an activating group) is 1. The van der Waals surface area contributed by atoms with Crippen LogP contribution in [0.25, 0.3) is 0 Å². The molecule has 1 unspecified atom stereocenters. The first-order chi connectivity index (χ1) is 10.3. The van der Waals surface area contributed by atoms with E-state index in [2.05, 4.69) is 10.1 Å². The van der Waals surface area contributed by atoms with Gasteiger partial charge in [-0.1, -0.05) is 0 Å². The first-order valence-corrected chi connectivity index (χ1v) is 6.57. The van der Waals surface area contributed by atoms with Gasteiger partial charge in [-0.3, -0.25) is 14.5 Å². The largest absolute Gasteiger partial charge is 0.481 e. The molecule has 0 aromatic heterocycles. The van der Waals surface area contributed by atoms with Crippen molar-refractivity contribution in [2.24, 2.45) is 0 Å². The molecule has 0 heterocycles. The third-order valence-electron chi connectivity index (χ3n) is 3.07. The molecule has 9 heteroatoms. The maximum atomic E-state index is 12.0. The summed E-state index contributed by atoms with van der Waals surface area (Å²) in [6, 6.07) is 5.00. The Morgan fingerprint density at radius 3 is 2.35 bits per heavy atom. The van der Waals surface area contributed by atoms with Crippen molar-refractivity contribution >= 4 is 30.0 Å². The van der Waals surface area contributed by atoms with Crippen molar-refractivity contribution in [3.8, 4) is 5.75 Å². The van der Waals surface area contributed by atoms with E-state index < -0.39 is 18.6 Å². The van der Waals surface area contributed by atoms with Crippen LogP contribution in [0, 0.1) is 0 Å². The number of amides is 1. The lowest BCUT2D eigenvalue weighted by molar-refractivity contribution is -0.137. The minimum absolute atomic E-state index is 0. The Kier molecular flexibility index (Phi) is 9.12. The van der Waals surface area contributed by atoms with E-state index in [-0.39, 0.29) is 37.0 Å². The molecule has 0 radical (unpaired) electrons. The molecule has 0 saturated heterocycles. The molecule has 0 spiro atoms. The number of ether oxygens (including phenoxy) is 1. The molecule has 130 valence electrons. The second-order valence-electron chi connectivity index (χ2n) is 4.69. The molecule has 23 heavy (non-hydrogen) atoms. The van der Waals surface area contributed by atoms with E-state index in [0.717, 1.165) is 0 Å². The number of nitrogens with one attached hydrogen (secondary N) is 1. The summed E-state index contributed by atoms with van der Waals surface area (Å²) in [5.41, 5.74) is 0.435. The topological polar surface area (TPSA) is 78.9 Å². The van der Waals surface area contributed by atoms with Crippen LogP contribution in [0.4, 0.5) is 14.5 Å². The van der Waals surface area contributed by atoms with Crippen LogP contribution in [0.3, 0.4) is 0 Å². The summed E-state index contributed by atoms with van der Waals surface area (Å²) in [5.74, 6) is -1.26. The smallest absolute Gasteiger partial charge is 0.387 e. The number of carboxylic acid groups (broad SMARTS) is 1. The Morgan fingerprint density at radius 1 is 1.30 bits per heavy atom. The second-order valence-corrected chi connectivity index (χ2v) is 4.69. The summed E-state index contributed by atoms with van der Waals surface area (Å²) in [4.78, 5) is 24.1. The van der Waals surface area contributed by atoms with Crippen molar-refractivity contribution in [2.75, 3.05) is 18.9 Å². The fourth-order valence-corrected chi connectivity index (χ4v) is 1.63. The van der Waals surface area contributed by atoms with Crippen LogP contribution < -0.4 is 10.1 Å². The number of rotatable bonds is 8. The molecule has 0 aliphatic carbocycles. The highest BCUT2D eigenvalue weighted by atomic mass is 35.5. The van der Waals surface area contributed by atoms with Gasteiger partial charge in [-0.05, 0) is 38.2 Å². The van der Waals surface area contributed by atoms with Crippen molar-refractivity contribution in [1.82, 2.24) is 4.90 Å². The predicted molar refractivity (Wildman–Crippen MR) is 83.3 cm³/mol. The number of alkyl halides is 2. The number of carbonyl (C=O) groups excluding carboxylic acids is 1. The molecule has 1 amide bonds. The standard InChI is InChI=1S/C14H18F2N2O4.ClH/c1-9(18(2)8-7-12(19)20)13(21)17-10-3-5-11(6-4-10)22-14(15)16;/h3-6,9,14H,7-8H2,1-2H3,(H,17,21)(H,19,20);1H. The molecule has 1 rings (SSSR count). The number of hydrogen-bond acceptors (Lipinski definition) is 4. The lowest BCUT2D eigenvalue weighted by Crippen LogP contribution is -2.40. The molecule has 1 aromatic rings. The monoisotopic (exact) mass is 352 g/mol. The van der Waals surface area contributed by atoms with E-state index in [1.807, 2.05) is 0 Å². The van der Waals surface area contributed by atoms with Gasteiger partial charge < -0.3 is 15.2 Å². The highest BCUT2D eigenvalue weighted by Crippen LogP contribution is 2.18. The molecule has 0 aliphatic heterocycles. The van der Waals surface area contributed by atoms with Gasteiger partial charge in [0.15, 0.2) is 0 Å². The molecular weight excluding hydrogens is 334 g/mol. The van der Waals surface area contributed by atoms with E-state index in [1.165, 1.54) is 24.3 Å². The van der Waals surface area contributed by atoms with Gasteiger partial charge in [0.2, 0.25) is 5.91 Å².